The first kappa shape index (κ1) is 63.3. The van der Waals surface area contributed by atoms with Crippen LogP contribution in [0.15, 0.2) is 85.1 Å². The molecule has 11 unspecified atom stereocenters. The SMILES string of the molecule is CC/C=C\C/C=C\C/C=C\C/C=C\C/C=C\C/C=C\CCCCCCCCCOCC(COC1OC(COC2OC(CO)C(O)C(O)C2O)C(O)C(O)C1O)OC(=O)CCCCCCC/C=C\CCC. The van der Waals surface area contributed by atoms with Gasteiger partial charge >= 0.3 is 5.97 Å². The maximum atomic E-state index is 13.0. The lowest BCUT2D eigenvalue weighted by molar-refractivity contribution is -0.332. The summed E-state index contributed by atoms with van der Waals surface area (Å²) in [5.41, 5.74) is 0. The number of hydrogen-bond donors (Lipinski definition) is 7. The van der Waals surface area contributed by atoms with E-state index in [9.17, 15) is 40.5 Å². The van der Waals surface area contributed by atoms with E-state index in [1.807, 2.05) is 0 Å². The van der Waals surface area contributed by atoms with Crippen LogP contribution in [0.1, 0.15) is 162 Å². The van der Waals surface area contributed by atoms with Gasteiger partial charge in [0.2, 0.25) is 0 Å². The molecule has 0 bridgehead atoms. The topological polar surface area (TPSA) is 214 Å². The lowest BCUT2D eigenvalue weighted by Gasteiger charge is -2.42. The molecule has 14 heteroatoms. The first-order valence-corrected chi connectivity index (χ1v) is 26.7. The van der Waals surface area contributed by atoms with Crippen molar-refractivity contribution in [3.8, 4) is 0 Å². The van der Waals surface area contributed by atoms with Crippen LogP contribution in [0.3, 0.4) is 0 Å². The van der Waals surface area contributed by atoms with Crippen LogP contribution >= 0.6 is 0 Å². The van der Waals surface area contributed by atoms with E-state index in [4.69, 9.17) is 28.4 Å². The zero-order valence-corrected chi connectivity index (χ0v) is 42.7. The van der Waals surface area contributed by atoms with E-state index in [0.717, 1.165) is 116 Å². The summed E-state index contributed by atoms with van der Waals surface area (Å²) in [6, 6.07) is 0. The molecule has 0 aromatic rings. The summed E-state index contributed by atoms with van der Waals surface area (Å²) in [4.78, 5) is 13.0. The van der Waals surface area contributed by atoms with Crippen molar-refractivity contribution < 1.29 is 69.0 Å². The highest BCUT2D eigenvalue weighted by Crippen LogP contribution is 2.26. The van der Waals surface area contributed by atoms with Crippen LogP contribution < -0.4 is 0 Å². The molecular formula is C56H94O14. The lowest BCUT2D eigenvalue weighted by Crippen LogP contribution is -2.61. The number of ether oxygens (including phenoxy) is 6. The van der Waals surface area contributed by atoms with Gasteiger partial charge in [0.25, 0.3) is 0 Å². The van der Waals surface area contributed by atoms with Gasteiger partial charge < -0.3 is 64.2 Å². The Kier molecular flexibility index (Phi) is 38.6. The molecule has 2 aliphatic heterocycles. The smallest absolute Gasteiger partial charge is 0.306 e. The van der Waals surface area contributed by atoms with Crippen molar-refractivity contribution in [3.05, 3.63) is 85.1 Å². The summed E-state index contributed by atoms with van der Waals surface area (Å²) in [5.74, 6) is -0.396. The molecule has 0 saturated carbocycles. The lowest BCUT2D eigenvalue weighted by atomic mass is 9.98. The quantitative estimate of drug-likeness (QED) is 0.0174. The Morgan fingerprint density at radius 2 is 0.929 bits per heavy atom. The van der Waals surface area contributed by atoms with E-state index in [1.54, 1.807) is 0 Å². The van der Waals surface area contributed by atoms with E-state index in [-0.39, 0.29) is 19.6 Å². The normalized spacial score (nSPS) is 26.2. The van der Waals surface area contributed by atoms with Crippen molar-refractivity contribution in [3.63, 3.8) is 0 Å². The van der Waals surface area contributed by atoms with E-state index >= 15 is 0 Å². The molecule has 0 aliphatic carbocycles. The van der Waals surface area contributed by atoms with Crippen LogP contribution in [0.25, 0.3) is 0 Å². The van der Waals surface area contributed by atoms with Crippen molar-refractivity contribution in [2.45, 2.75) is 229 Å². The Morgan fingerprint density at radius 1 is 0.486 bits per heavy atom. The van der Waals surface area contributed by atoms with Gasteiger partial charge in [-0.2, -0.15) is 0 Å². The first-order chi connectivity index (χ1) is 34.1. The van der Waals surface area contributed by atoms with Crippen LogP contribution in [0.5, 0.6) is 0 Å². The Labute approximate surface area is 420 Å². The van der Waals surface area contributed by atoms with Crippen molar-refractivity contribution in [1.82, 2.24) is 0 Å². The fourth-order valence-corrected chi connectivity index (χ4v) is 7.82. The van der Waals surface area contributed by atoms with E-state index in [2.05, 4.69) is 98.9 Å². The fraction of sp³-hybridized carbons (Fsp3) is 0.732. The minimum Gasteiger partial charge on any atom is -0.457 e. The van der Waals surface area contributed by atoms with Crippen LogP contribution in [0.2, 0.25) is 0 Å². The summed E-state index contributed by atoms with van der Waals surface area (Å²) < 4.78 is 34.2. The second-order valence-corrected chi connectivity index (χ2v) is 18.3. The number of unbranched alkanes of at least 4 members (excludes halogenated alkanes) is 13. The van der Waals surface area contributed by atoms with Gasteiger partial charge in [0.05, 0.1) is 26.4 Å². The van der Waals surface area contributed by atoms with Crippen molar-refractivity contribution in [2.75, 3.05) is 33.0 Å². The number of rotatable bonds is 41. The third-order valence-corrected chi connectivity index (χ3v) is 12.1. The summed E-state index contributed by atoms with van der Waals surface area (Å²) in [6.45, 7) is 3.44. The minimum atomic E-state index is -1.71. The molecule has 11 atom stereocenters. The maximum Gasteiger partial charge on any atom is 0.306 e. The van der Waals surface area contributed by atoms with Crippen LogP contribution in [-0.4, -0.2) is 142 Å². The van der Waals surface area contributed by atoms with Gasteiger partial charge in [-0.15, -0.1) is 0 Å². The summed E-state index contributed by atoms with van der Waals surface area (Å²) in [7, 11) is 0. The average molecular weight is 991 g/mol. The summed E-state index contributed by atoms with van der Waals surface area (Å²) in [5, 5.41) is 72.1. The molecule has 2 heterocycles. The monoisotopic (exact) mass is 991 g/mol. The Balaban J connectivity index is 1.70. The Hall–Kier alpha value is -2.83. The number of aliphatic hydroxyl groups excluding tert-OH is 7. The molecular weight excluding hydrogens is 897 g/mol. The standard InChI is InChI=1S/C56H94O14/c1-3-5-7-9-11-13-15-16-17-18-19-20-21-22-23-24-25-26-27-28-29-30-32-34-36-38-40-65-42-45(68-48(58)39-37-35-33-31-14-12-10-8-6-4-2)43-66-55-54(64)52(62)50(60)47(70-55)44-67-56-53(63)51(61)49(59)46(41-57)69-56/h5,7-8,10-11,13,16-17,19-20,22-23,25-26,45-47,49-57,59-64H,3-4,6,9,12,14-15,18,21,24,27-44H2,1-2H3/b7-5-,10-8-,13-11-,17-16-,20-19-,23-22-,26-25-. The van der Waals surface area contributed by atoms with Gasteiger partial charge in [-0.1, -0.05) is 157 Å². The van der Waals surface area contributed by atoms with Crippen molar-refractivity contribution >= 4 is 5.97 Å². The minimum absolute atomic E-state index is 0.0452. The fourth-order valence-electron chi connectivity index (χ4n) is 7.82. The summed E-state index contributed by atoms with van der Waals surface area (Å²) >= 11 is 0. The number of allylic oxidation sites excluding steroid dienone is 14. The van der Waals surface area contributed by atoms with Crippen molar-refractivity contribution in [1.29, 1.82) is 0 Å². The zero-order chi connectivity index (χ0) is 50.9. The molecule has 0 amide bonds. The third-order valence-electron chi connectivity index (χ3n) is 12.1. The van der Waals surface area contributed by atoms with E-state index < -0.39 is 86.7 Å². The molecule has 14 nitrogen and oxygen atoms in total. The van der Waals surface area contributed by atoms with Crippen molar-refractivity contribution in [2.24, 2.45) is 0 Å². The highest BCUT2D eigenvalue weighted by molar-refractivity contribution is 5.69. The molecule has 7 N–H and O–H groups in total. The number of hydrogen-bond acceptors (Lipinski definition) is 14. The number of esters is 1. The Morgan fingerprint density at radius 3 is 1.47 bits per heavy atom. The maximum absolute atomic E-state index is 13.0. The molecule has 0 aromatic heterocycles. The molecule has 0 aromatic carbocycles. The van der Waals surface area contributed by atoms with Crippen LogP contribution in [-0.2, 0) is 33.2 Å². The van der Waals surface area contributed by atoms with Crippen LogP contribution in [0.4, 0.5) is 0 Å². The molecule has 2 saturated heterocycles. The zero-order valence-electron chi connectivity index (χ0n) is 42.7. The predicted octanol–water partition coefficient (Wildman–Crippen LogP) is 8.46. The summed E-state index contributed by atoms with van der Waals surface area (Å²) in [6.07, 6.45) is 38.0. The van der Waals surface area contributed by atoms with Gasteiger partial charge in [0, 0.05) is 13.0 Å². The molecule has 70 heavy (non-hydrogen) atoms. The first-order valence-electron chi connectivity index (χ1n) is 26.7. The number of carbonyl (C=O) groups is 1. The molecule has 2 rings (SSSR count). The van der Waals surface area contributed by atoms with Gasteiger partial charge in [0.15, 0.2) is 12.6 Å². The predicted molar refractivity (Wildman–Crippen MR) is 275 cm³/mol. The third kappa shape index (κ3) is 29.6. The highest BCUT2D eigenvalue weighted by Gasteiger charge is 2.47. The second kappa shape index (κ2) is 42.7. The van der Waals surface area contributed by atoms with E-state index in [1.165, 1.54) is 19.3 Å². The largest absolute Gasteiger partial charge is 0.457 e. The molecule has 0 spiro atoms. The molecule has 2 fully saturated rings. The highest BCUT2D eigenvalue weighted by atomic mass is 16.7. The van der Waals surface area contributed by atoms with Gasteiger partial charge in [-0.05, 0) is 83.5 Å². The molecule has 402 valence electrons. The van der Waals surface area contributed by atoms with Gasteiger partial charge in [-0.25, -0.2) is 0 Å². The molecule has 2 aliphatic rings. The number of aliphatic hydroxyl groups is 7. The number of carbonyl (C=O) groups excluding carboxylic acids is 1. The average Bonchev–Trinajstić information content (AvgIpc) is 3.36. The second-order valence-electron chi connectivity index (χ2n) is 18.3. The van der Waals surface area contributed by atoms with E-state index in [0.29, 0.717) is 13.0 Å². The Bertz CT molecular complexity index is 1480. The van der Waals surface area contributed by atoms with Gasteiger partial charge in [-0.3, -0.25) is 4.79 Å². The van der Waals surface area contributed by atoms with Gasteiger partial charge in [0.1, 0.15) is 54.9 Å². The van der Waals surface area contributed by atoms with Crippen LogP contribution in [0, 0.1) is 0 Å². The molecule has 0 radical (unpaired) electrons.